The molecule has 3 heteroatoms. The summed E-state index contributed by atoms with van der Waals surface area (Å²) in [5.41, 5.74) is 11.1. The topological polar surface area (TPSA) is 43.8 Å². The van der Waals surface area contributed by atoms with E-state index in [1.54, 1.807) is 0 Å². The summed E-state index contributed by atoms with van der Waals surface area (Å²) in [4.78, 5) is 4.83. The second-order valence-electron chi connectivity index (χ2n) is 6.01. The van der Waals surface area contributed by atoms with E-state index >= 15 is 0 Å². The van der Waals surface area contributed by atoms with Gasteiger partial charge in [-0.05, 0) is 31.2 Å². The Morgan fingerprint density at radius 1 is 1.30 bits per heavy atom. The quantitative estimate of drug-likeness (QED) is 0.907. The molecular formula is C17H23N3. The van der Waals surface area contributed by atoms with Crippen LogP contribution in [0.5, 0.6) is 0 Å². The summed E-state index contributed by atoms with van der Waals surface area (Å²) in [7, 11) is 0. The van der Waals surface area contributed by atoms with Gasteiger partial charge in [0, 0.05) is 17.8 Å². The molecule has 1 aliphatic rings. The summed E-state index contributed by atoms with van der Waals surface area (Å²) in [6, 6.07) is 8.80. The largest absolute Gasteiger partial charge is 0.330 e. The zero-order valence-corrected chi connectivity index (χ0v) is 12.6. The number of hydrogen-bond acceptors (Lipinski definition) is 2. The van der Waals surface area contributed by atoms with Gasteiger partial charge in [0.2, 0.25) is 0 Å². The van der Waals surface area contributed by atoms with Gasteiger partial charge in [0.1, 0.15) is 5.82 Å². The Morgan fingerprint density at radius 2 is 2.00 bits per heavy atom. The molecule has 0 radical (unpaired) electrons. The minimum atomic E-state index is 0.0705. The number of imidazole rings is 1. The lowest BCUT2D eigenvalue weighted by molar-refractivity contribution is 0.343. The van der Waals surface area contributed by atoms with Gasteiger partial charge in [-0.25, -0.2) is 4.98 Å². The second kappa shape index (κ2) is 5.06. The average Bonchev–Trinajstić information content (AvgIpc) is 2.77. The highest BCUT2D eigenvalue weighted by Crippen LogP contribution is 2.32. The minimum absolute atomic E-state index is 0.0705. The van der Waals surface area contributed by atoms with Crippen LogP contribution in [0.2, 0.25) is 0 Å². The summed E-state index contributed by atoms with van der Waals surface area (Å²) < 4.78 is 2.31. The molecule has 2 N–H and O–H groups in total. The van der Waals surface area contributed by atoms with Gasteiger partial charge in [-0.1, -0.05) is 38.1 Å². The number of nitrogens with two attached hydrogens (primary N) is 1. The third-order valence-electron chi connectivity index (χ3n) is 4.37. The maximum Gasteiger partial charge on any atom is 0.126 e. The second-order valence-corrected chi connectivity index (χ2v) is 6.01. The molecule has 3 rings (SSSR count). The van der Waals surface area contributed by atoms with E-state index in [4.69, 9.17) is 10.7 Å². The van der Waals surface area contributed by atoms with E-state index in [-0.39, 0.29) is 6.04 Å². The van der Waals surface area contributed by atoms with Gasteiger partial charge >= 0.3 is 0 Å². The van der Waals surface area contributed by atoms with Crippen LogP contribution < -0.4 is 5.73 Å². The van der Waals surface area contributed by atoms with Gasteiger partial charge in [-0.3, -0.25) is 0 Å². The fourth-order valence-electron chi connectivity index (χ4n) is 3.17. The van der Waals surface area contributed by atoms with Crippen molar-refractivity contribution in [3.05, 3.63) is 41.3 Å². The molecule has 20 heavy (non-hydrogen) atoms. The van der Waals surface area contributed by atoms with Crippen molar-refractivity contribution in [2.75, 3.05) is 0 Å². The Balaban J connectivity index is 2.04. The predicted octanol–water partition coefficient (Wildman–Crippen LogP) is 3.46. The molecule has 0 spiro atoms. The number of aromatic nitrogens is 2. The van der Waals surface area contributed by atoms with Gasteiger partial charge in [0.25, 0.3) is 0 Å². The van der Waals surface area contributed by atoms with E-state index < -0.39 is 0 Å². The van der Waals surface area contributed by atoms with Gasteiger partial charge in [-0.15, -0.1) is 0 Å². The zero-order valence-electron chi connectivity index (χ0n) is 12.6. The van der Waals surface area contributed by atoms with E-state index in [0.717, 1.165) is 30.9 Å². The van der Waals surface area contributed by atoms with E-state index in [2.05, 4.69) is 49.6 Å². The average molecular weight is 269 g/mol. The lowest BCUT2D eigenvalue weighted by atomic mass is 9.98. The molecule has 106 valence electrons. The first-order valence-electron chi connectivity index (χ1n) is 7.52. The minimum Gasteiger partial charge on any atom is -0.330 e. The van der Waals surface area contributed by atoms with Crippen molar-refractivity contribution in [3.63, 3.8) is 0 Å². The smallest absolute Gasteiger partial charge is 0.126 e. The van der Waals surface area contributed by atoms with E-state index in [9.17, 15) is 0 Å². The highest BCUT2D eigenvalue weighted by molar-refractivity contribution is 5.62. The summed E-state index contributed by atoms with van der Waals surface area (Å²) >= 11 is 0. The summed E-state index contributed by atoms with van der Waals surface area (Å²) in [5.74, 6) is 1.68. The van der Waals surface area contributed by atoms with Crippen LogP contribution in [0.4, 0.5) is 0 Å². The Kier molecular flexibility index (Phi) is 3.38. The molecule has 0 amide bonds. The predicted molar refractivity (Wildman–Crippen MR) is 82.5 cm³/mol. The number of hydrogen-bond donors (Lipinski definition) is 1. The van der Waals surface area contributed by atoms with Crippen LogP contribution in [0.1, 0.15) is 43.4 Å². The Hall–Kier alpha value is -1.61. The third-order valence-corrected chi connectivity index (χ3v) is 4.37. The monoisotopic (exact) mass is 269 g/mol. The van der Waals surface area contributed by atoms with Crippen LogP contribution in [0, 0.1) is 12.8 Å². The Morgan fingerprint density at radius 3 is 2.65 bits per heavy atom. The molecule has 2 atom stereocenters. The lowest BCUT2D eigenvalue weighted by Crippen LogP contribution is -2.27. The number of aryl methyl sites for hydroxylation is 1. The molecule has 1 aromatic carbocycles. The third kappa shape index (κ3) is 2.16. The summed E-state index contributed by atoms with van der Waals surface area (Å²) in [5, 5.41) is 0. The standard InChI is InChI=1S/C17H23N3/c1-4-13-5-7-14(8-6-13)16-12(3)20-10-11(2)9-15(18)17(20)19-16/h5-8,11,15H,4,9-10,18H2,1-3H3. The van der Waals surface area contributed by atoms with Crippen LogP contribution in [-0.4, -0.2) is 9.55 Å². The first-order chi connectivity index (χ1) is 9.60. The summed E-state index contributed by atoms with van der Waals surface area (Å²) in [6.07, 6.45) is 2.10. The highest BCUT2D eigenvalue weighted by atomic mass is 15.1. The summed E-state index contributed by atoms with van der Waals surface area (Å²) in [6.45, 7) is 7.63. The number of fused-ring (bicyclic) bond motifs is 1. The lowest BCUT2D eigenvalue weighted by Gasteiger charge is -2.26. The van der Waals surface area contributed by atoms with Gasteiger partial charge in [0.05, 0.1) is 11.7 Å². The van der Waals surface area contributed by atoms with Gasteiger partial charge in [0.15, 0.2) is 0 Å². The maximum absolute atomic E-state index is 6.26. The molecule has 0 aliphatic carbocycles. The Bertz CT molecular complexity index is 610. The molecule has 1 aromatic heterocycles. The van der Waals surface area contributed by atoms with Crippen molar-refractivity contribution < 1.29 is 0 Å². The van der Waals surface area contributed by atoms with Crippen molar-refractivity contribution in [1.29, 1.82) is 0 Å². The van der Waals surface area contributed by atoms with Crippen LogP contribution in [0.15, 0.2) is 24.3 Å². The zero-order chi connectivity index (χ0) is 14.3. The van der Waals surface area contributed by atoms with Crippen molar-refractivity contribution in [2.45, 2.75) is 46.2 Å². The molecule has 1 aliphatic heterocycles. The van der Waals surface area contributed by atoms with Gasteiger partial charge in [-0.2, -0.15) is 0 Å². The molecule has 0 fully saturated rings. The highest BCUT2D eigenvalue weighted by Gasteiger charge is 2.26. The van der Waals surface area contributed by atoms with E-state index in [0.29, 0.717) is 5.92 Å². The van der Waals surface area contributed by atoms with Gasteiger partial charge < -0.3 is 10.3 Å². The molecule has 0 bridgehead atoms. The van der Waals surface area contributed by atoms with Crippen LogP contribution in [-0.2, 0) is 13.0 Å². The van der Waals surface area contributed by atoms with Crippen LogP contribution in [0.3, 0.4) is 0 Å². The Labute approximate surface area is 120 Å². The molecule has 2 heterocycles. The van der Waals surface area contributed by atoms with E-state index in [1.165, 1.54) is 16.8 Å². The number of benzene rings is 1. The number of rotatable bonds is 2. The fourth-order valence-corrected chi connectivity index (χ4v) is 3.17. The first kappa shape index (κ1) is 13.4. The fraction of sp³-hybridized carbons (Fsp3) is 0.471. The van der Waals surface area contributed by atoms with Crippen molar-refractivity contribution in [2.24, 2.45) is 11.7 Å². The van der Waals surface area contributed by atoms with Crippen LogP contribution >= 0.6 is 0 Å². The van der Waals surface area contributed by atoms with Crippen molar-refractivity contribution >= 4 is 0 Å². The first-order valence-corrected chi connectivity index (χ1v) is 7.52. The molecule has 0 saturated carbocycles. The molecule has 2 aromatic rings. The van der Waals surface area contributed by atoms with Crippen LogP contribution in [0.25, 0.3) is 11.3 Å². The molecule has 0 saturated heterocycles. The molecule has 2 unspecified atom stereocenters. The molecular weight excluding hydrogens is 246 g/mol. The number of nitrogens with zero attached hydrogens (tertiary/aromatic N) is 2. The normalized spacial score (nSPS) is 21.8. The maximum atomic E-state index is 6.26. The van der Waals surface area contributed by atoms with Crippen molar-refractivity contribution in [3.8, 4) is 11.3 Å². The SMILES string of the molecule is CCc1ccc(-c2nc3n(c2C)CC(C)CC3N)cc1. The van der Waals surface area contributed by atoms with Crippen molar-refractivity contribution in [1.82, 2.24) is 9.55 Å². The molecule has 3 nitrogen and oxygen atoms in total. The van der Waals surface area contributed by atoms with E-state index in [1.807, 2.05) is 0 Å².